The molecule has 94 valence electrons. The molecule has 1 amide bonds. The molecule has 0 radical (unpaired) electrons. The number of hydrogen-bond donors (Lipinski definition) is 0. The number of hydrogen-bond acceptors (Lipinski definition) is 1. The van der Waals surface area contributed by atoms with E-state index in [4.69, 9.17) is 0 Å². The molecule has 0 spiro atoms. The summed E-state index contributed by atoms with van der Waals surface area (Å²) in [7, 11) is 0. The maximum Gasteiger partial charge on any atom is 0.222 e. The molecule has 1 aliphatic carbocycles. The van der Waals surface area contributed by atoms with Gasteiger partial charge in [0.1, 0.15) is 0 Å². The van der Waals surface area contributed by atoms with Crippen molar-refractivity contribution in [3.8, 4) is 0 Å². The number of nitrogens with zero attached hydrogens (tertiary/aromatic N) is 1. The van der Waals surface area contributed by atoms with Gasteiger partial charge >= 0.3 is 0 Å². The van der Waals surface area contributed by atoms with E-state index in [1.165, 1.54) is 32.1 Å². The van der Waals surface area contributed by atoms with E-state index in [0.717, 1.165) is 19.4 Å². The molecule has 0 aromatic rings. The standard InChI is InChI=1S/C14H27NO/c1-4-15(13-8-6-5-7-9-13)14(16)11-10-12(2)3/h12-13H,4-11H2,1-3H3. The van der Waals surface area contributed by atoms with Crippen LogP contribution in [0.4, 0.5) is 0 Å². The smallest absolute Gasteiger partial charge is 0.222 e. The summed E-state index contributed by atoms with van der Waals surface area (Å²) in [5, 5.41) is 0. The van der Waals surface area contributed by atoms with Crippen LogP contribution in [0, 0.1) is 5.92 Å². The molecule has 0 atom stereocenters. The first kappa shape index (κ1) is 13.5. The maximum absolute atomic E-state index is 12.1. The highest BCUT2D eigenvalue weighted by atomic mass is 16.2. The van der Waals surface area contributed by atoms with E-state index in [2.05, 4.69) is 25.7 Å². The Hall–Kier alpha value is -0.530. The van der Waals surface area contributed by atoms with E-state index in [0.29, 0.717) is 17.9 Å². The van der Waals surface area contributed by atoms with Gasteiger partial charge in [0.05, 0.1) is 0 Å². The molecule has 0 aromatic carbocycles. The Labute approximate surface area is 100 Å². The minimum Gasteiger partial charge on any atom is -0.340 e. The van der Waals surface area contributed by atoms with Crippen LogP contribution in [0.25, 0.3) is 0 Å². The van der Waals surface area contributed by atoms with Crippen LogP contribution in [0.1, 0.15) is 65.7 Å². The third kappa shape index (κ3) is 4.15. The Balaban J connectivity index is 2.41. The zero-order valence-corrected chi connectivity index (χ0v) is 11.2. The van der Waals surface area contributed by atoms with Crippen LogP contribution in [0.2, 0.25) is 0 Å². The van der Waals surface area contributed by atoms with Gasteiger partial charge in [-0.2, -0.15) is 0 Å². The van der Waals surface area contributed by atoms with Crippen molar-refractivity contribution in [1.82, 2.24) is 4.90 Å². The summed E-state index contributed by atoms with van der Waals surface area (Å²) in [6.07, 6.45) is 8.18. The van der Waals surface area contributed by atoms with Crippen molar-refractivity contribution in [2.24, 2.45) is 5.92 Å². The molecule has 0 unspecified atom stereocenters. The van der Waals surface area contributed by atoms with Crippen LogP contribution in [-0.2, 0) is 4.79 Å². The van der Waals surface area contributed by atoms with E-state index in [9.17, 15) is 4.79 Å². The van der Waals surface area contributed by atoms with Crippen molar-refractivity contribution >= 4 is 5.91 Å². The quantitative estimate of drug-likeness (QED) is 0.700. The van der Waals surface area contributed by atoms with Gasteiger partial charge in [0.25, 0.3) is 0 Å². The summed E-state index contributed by atoms with van der Waals surface area (Å²) in [5.41, 5.74) is 0. The molecule has 0 aromatic heterocycles. The Kier molecular flexibility index (Phi) is 5.86. The number of carbonyl (C=O) groups is 1. The van der Waals surface area contributed by atoms with Gasteiger partial charge in [-0.3, -0.25) is 4.79 Å². The van der Waals surface area contributed by atoms with Crippen molar-refractivity contribution in [3.05, 3.63) is 0 Å². The van der Waals surface area contributed by atoms with Crippen LogP contribution >= 0.6 is 0 Å². The van der Waals surface area contributed by atoms with Crippen LogP contribution in [0.3, 0.4) is 0 Å². The highest BCUT2D eigenvalue weighted by molar-refractivity contribution is 5.76. The van der Waals surface area contributed by atoms with Crippen molar-refractivity contribution in [1.29, 1.82) is 0 Å². The molecular formula is C14H27NO. The zero-order valence-electron chi connectivity index (χ0n) is 11.2. The topological polar surface area (TPSA) is 20.3 Å². The van der Waals surface area contributed by atoms with Crippen LogP contribution < -0.4 is 0 Å². The lowest BCUT2D eigenvalue weighted by Gasteiger charge is -2.33. The molecule has 1 rings (SSSR count). The number of amides is 1. The van der Waals surface area contributed by atoms with E-state index >= 15 is 0 Å². The molecule has 1 saturated carbocycles. The fourth-order valence-corrected chi connectivity index (χ4v) is 2.59. The third-order valence-corrected chi connectivity index (χ3v) is 3.61. The summed E-state index contributed by atoms with van der Waals surface area (Å²) in [6.45, 7) is 7.37. The Morgan fingerprint density at radius 2 is 1.88 bits per heavy atom. The average molecular weight is 225 g/mol. The molecular weight excluding hydrogens is 198 g/mol. The molecule has 0 aliphatic heterocycles. The summed E-state index contributed by atoms with van der Waals surface area (Å²) in [4.78, 5) is 14.2. The third-order valence-electron chi connectivity index (χ3n) is 3.61. The highest BCUT2D eigenvalue weighted by Crippen LogP contribution is 2.23. The van der Waals surface area contributed by atoms with Gasteiger partial charge in [0.15, 0.2) is 0 Å². The van der Waals surface area contributed by atoms with E-state index in [1.54, 1.807) is 0 Å². The molecule has 0 heterocycles. The first-order chi connectivity index (χ1) is 7.65. The molecule has 2 nitrogen and oxygen atoms in total. The minimum absolute atomic E-state index is 0.378. The van der Waals surface area contributed by atoms with Crippen LogP contribution in [-0.4, -0.2) is 23.4 Å². The fraction of sp³-hybridized carbons (Fsp3) is 0.929. The Morgan fingerprint density at radius 3 is 2.38 bits per heavy atom. The van der Waals surface area contributed by atoms with Crippen molar-refractivity contribution in [3.63, 3.8) is 0 Å². The molecule has 0 saturated heterocycles. The van der Waals surface area contributed by atoms with Crippen molar-refractivity contribution < 1.29 is 4.79 Å². The lowest BCUT2D eigenvalue weighted by atomic mass is 9.93. The van der Waals surface area contributed by atoms with Crippen LogP contribution in [0.5, 0.6) is 0 Å². The second kappa shape index (κ2) is 6.93. The Bertz CT molecular complexity index is 207. The van der Waals surface area contributed by atoms with Gasteiger partial charge in [-0.1, -0.05) is 33.1 Å². The minimum atomic E-state index is 0.378. The van der Waals surface area contributed by atoms with Gasteiger partial charge < -0.3 is 4.90 Å². The lowest BCUT2D eigenvalue weighted by molar-refractivity contribution is -0.134. The monoisotopic (exact) mass is 225 g/mol. The number of rotatable bonds is 5. The summed E-state index contributed by atoms with van der Waals surface area (Å²) in [5.74, 6) is 1.01. The normalized spacial score (nSPS) is 17.8. The summed E-state index contributed by atoms with van der Waals surface area (Å²) in [6, 6.07) is 0.540. The second-order valence-corrected chi connectivity index (χ2v) is 5.40. The average Bonchev–Trinajstić information content (AvgIpc) is 2.29. The first-order valence-electron chi connectivity index (χ1n) is 6.94. The van der Waals surface area contributed by atoms with Gasteiger partial charge in [0.2, 0.25) is 5.91 Å². The zero-order chi connectivity index (χ0) is 12.0. The van der Waals surface area contributed by atoms with Gasteiger partial charge in [-0.25, -0.2) is 0 Å². The molecule has 16 heavy (non-hydrogen) atoms. The number of carbonyl (C=O) groups excluding carboxylic acids is 1. The maximum atomic E-state index is 12.1. The van der Waals surface area contributed by atoms with Gasteiger partial charge in [-0.05, 0) is 32.1 Å². The van der Waals surface area contributed by atoms with Crippen molar-refractivity contribution in [2.75, 3.05) is 6.54 Å². The predicted octanol–water partition coefficient (Wildman–Crippen LogP) is 3.60. The summed E-state index contributed by atoms with van der Waals surface area (Å²) >= 11 is 0. The molecule has 1 fully saturated rings. The molecule has 2 heteroatoms. The molecule has 0 bridgehead atoms. The SMILES string of the molecule is CCN(C(=O)CCC(C)C)C1CCCCC1. The fourth-order valence-electron chi connectivity index (χ4n) is 2.59. The highest BCUT2D eigenvalue weighted by Gasteiger charge is 2.23. The lowest BCUT2D eigenvalue weighted by Crippen LogP contribution is -2.41. The van der Waals surface area contributed by atoms with Gasteiger partial charge in [-0.15, -0.1) is 0 Å². The largest absolute Gasteiger partial charge is 0.340 e. The first-order valence-corrected chi connectivity index (χ1v) is 6.94. The molecule has 1 aliphatic rings. The van der Waals surface area contributed by atoms with Crippen molar-refractivity contribution in [2.45, 2.75) is 71.8 Å². The van der Waals surface area contributed by atoms with Crippen LogP contribution in [0.15, 0.2) is 0 Å². The Morgan fingerprint density at radius 1 is 1.25 bits per heavy atom. The van der Waals surface area contributed by atoms with E-state index < -0.39 is 0 Å². The summed E-state index contributed by atoms with van der Waals surface area (Å²) < 4.78 is 0. The van der Waals surface area contributed by atoms with E-state index in [-0.39, 0.29) is 0 Å². The molecule has 0 N–H and O–H groups in total. The van der Waals surface area contributed by atoms with E-state index in [1.807, 2.05) is 0 Å². The van der Waals surface area contributed by atoms with Gasteiger partial charge in [0, 0.05) is 19.0 Å². The second-order valence-electron chi connectivity index (χ2n) is 5.40. The predicted molar refractivity (Wildman–Crippen MR) is 68.3 cm³/mol.